The standard InChI is InChI=1S/C7H8O2S/c8-7(9)6-10-4-2-1-3-5-10/h1-4H,5-6H2. The van der Waals surface area contributed by atoms with Gasteiger partial charge in [0.2, 0.25) is 0 Å². The Morgan fingerprint density at radius 2 is 2.40 bits per heavy atom. The molecule has 0 aromatic rings. The zero-order valence-corrected chi connectivity index (χ0v) is 6.26. The molecule has 0 saturated heterocycles. The molecule has 0 amide bonds. The maximum Gasteiger partial charge on any atom is 0.152 e. The van der Waals surface area contributed by atoms with E-state index < -0.39 is 5.97 Å². The van der Waals surface area contributed by atoms with Crippen LogP contribution in [0.4, 0.5) is 0 Å². The van der Waals surface area contributed by atoms with Crippen molar-refractivity contribution in [2.45, 2.75) is 0 Å². The summed E-state index contributed by atoms with van der Waals surface area (Å²) in [5, 5.41) is 12.0. The Labute approximate surface area is 62.6 Å². The number of carboxylic acids is 1. The first kappa shape index (κ1) is 7.41. The molecular formula is C7H8O2S. The Morgan fingerprint density at radius 1 is 1.60 bits per heavy atom. The molecule has 0 saturated carbocycles. The van der Waals surface area contributed by atoms with Gasteiger partial charge in [0.1, 0.15) is 11.2 Å². The number of rotatable bonds is 2. The van der Waals surface area contributed by atoms with Gasteiger partial charge in [-0.3, -0.25) is 0 Å². The average molecular weight is 156 g/mol. The molecule has 1 aliphatic rings. The Kier molecular flexibility index (Phi) is 2.57. The zero-order valence-electron chi connectivity index (χ0n) is 5.45. The Morgan fingerprint density at radius 3 is 2.90 bits per heavy atom. The van der Waals surface area contributed by atoms with Gasteiger partial charge in [0.05, 0.1) is 5.97 Å². The highest BCUT2D eigenvalue weighted by atomic mass is 32.2. The highest BCUT2D eigenvalue weighted by Crippen LogP contribution is 2.04. The van der Waals surface area contributed by atoms with E-state index in [0.29, 0.717) is 0 Å². The van der Waals surface area contributed by atoms with E-state index in [0.717, 1.165) is 5.75 Å². The summed E-state index contributed by atoms with van der Waals surface area (Å²) in [5.74, 6) is 0.0639. The number of carboxylic acid groups (broad SMARTS) is 1. The first-order chi connectivity index (χ1) is 4.79. The van der Waals surface area contributed by atoms with Gasteiger partial charge >= 0.3 is 0 Å². The number of hydrogen-bond acceptors (Lipinski definition) is 2. The first-order valence-corrected chi connectivity index (χ1v) is 4.61. The second-order valence-corrected chi connectivity index (χ2v) is 3.95. The highest BCUT2D eigenvalue weighted by Gasteiger charge is 2.13. The van der Waals surface area contributed by atoms with Gasteiger partial charge in [-0.1, -0.05) is 6.08 Å². The molecule has 1 unspecified atom stereocenters. The fourth-order valence-electron chi connectivity index (χ4n) is 0.728. The van der Waals surface area contributed by atoms with Gasteiger partial charge in [-0.2, -0.15) is 0 Å². The van der Waals surface area contributed by atoms with Gasteiger partial charge in [0, 0.05) is 10.9 Å². The van der Waals surface area contributed by atoms with Gasteiger partial charge in [-0.25, -0.2) is 0 Å². The molecule has 0 bridgehead atoms. The average Bonchev–Trinajstić information content (AvgIpc) is 1.88. The van der Waals surface area contributed by atoms with Gasteiger partial charge in [-0.15, -0.1) is 0 Å². The molecule has 3 heteroatoms. The van der Waals surface area contributed by atoms with E-state index in [9.17, 15) is 9.90 Å². The van der Waals surface area contributed by atoms with E-state index in [1.54, 1.807) is 0 Å². The molecule has 2 nitrogen and oxygen atoms in total. The van der Waals surface area contributed by atoms with Crippen LogP contribution in [0, 0.1) is 0 Å². The van der Waals surface area contributed by atoms with Crippen molar-refractivity contribution >= 4 is 16.9 Å². The number of hydrogen-bond donors (Lipinski definition) is 0. The molecule has 0 fully saturated rings. The van der Waals surface area contributed by atoms with Crippen LogP contribution in [-0.2, 0) is 15.7 Å². The highest BCUT2D eigenvalue weighted by molar-refractivity contribution is 8.00. The van der Waals surface area contributed by atoms with Crippen molar-refractivity contribution in [3.05, 3.63) is 23.6 Å². The number of aliphatic carboxylic acids is 1. The lowest BCUT2D eigenvalue weighted by Gasteiger charge is -2.03. The predicted octanol–water partition coefficient (Wildman–Crippen LogP) is -0.562. The largest absolute Gasteiger partial charge is 0.545 e. The van der Waals surface area contributed by atoms with E-state index in [4.69, 9.17) is 0 Å². The van der Waals surface area contributed by atoms with Crippen LogP contribution in [0.1, 0.15) is 0 Å². The summed E-state index contributed by atoms with van der Waals surface area (Å²) >= 11 is 0. The lowest BCUT2D eigenvalue weighted by molar-refractivity contribution is -0.301. The third kappa shape index (κ3) is 2.27. The zero-order chi connectivity index (χ0) is 7.40. The fraction of sp³-hybridized carbons (Fsp3) is 0.286. The quantitative estimate of drug-likeness (QED) is 0.503. The predicted molar refractivity (Wildman–Crippen MR) is 40.4 cm³/mol. The molecular weight excluding hydrogens is 148 g/mol. The van der Waals surface area contributed by atoms with E-state index >= 15 is 0 Å². The molecule has 1 aliphatic heterocycles. The van der Waals surface area contributed by atoms with Crippen LogP contribution in [0.2, 0.25) is 0 Å². The van der Waals surface area contributed by atoms with Crippen LogP contribution in [0.15, 0.2) is 23.6 Å². The molecule has 0 N–H and O–H groups in total. The third-order valence-corrected chi connectivity index (χ3v) is 2.90. The van der Waals surface area contributed by atoms with Crippen LogP contribution in [0.3, 0.4) is 0 Å². The summed E-state index contributed by atoms with van der Waals surface area (Å²) in [7, 11) is -0.104. The molecule has 1 rings (SSSR count). The first-order valence-electron chi connectivity index (χ1n) is 2.98. The molecule has 0 aromatic carbocycles. The van der Waals surface area contributed by atoms with Crippen molar-refractivity contribution in [3.8, 4) is 0 Å². The minimum absolute atomic E-state index is 0.104. The SMILES string of the molecule is O=C([O-])C[S+]1C=CC=CC1. The van der Waals surface area contributed by atoms with Crippen molar-refractivity contribution in [1.29, 1.82) is 0 Å². The Hall–Kier alpha value is -0.700. The number of allylic oxidation sites excluding steroid dienone is 2. The minimum atomic E-state index is -0.955. The van der Waals surface area contributed by atoms with E-state index in [2.05, 4.69) is 0 Å². The second kappa shape index (κ2) is 3.46. The monoisotopic (exact) mass is 156 g/mol. The molecule has 54 valence electrons. The van der Waals surface area contributed by atoms with Crippen LogP contribution in [0.25, 0.3) is 0 Å². The summed E-state index contributed by atoms with van der Waals surface area (Å²) in [6.45, 7) is 0. The normalized spacial score (nSPS) is 23.0. The van der Waals surface area contributed by atoms with E-state index in [1.165, 1.54) is 0 Å². The molecule has 0 spiro atoms. The lowest BCUT2D eigenvalue weighted by atomic mass is 10.5. The Bertz CT molecular complexity index is 184. The maximum atomic E-state index is 10.1. The minimum Gasteiger partial charge on any atom is -0.545 e. The molecule has 1 atom stereocenters. The van der Waals surface area contributed by atoms with Crippen LogP contribution >= 0.6 is 0 Å². The molecule has 1 heterocycles. The van der Waals surface area contributed by atoms with Crippen LogP contribution in [-0.4, -0.2) is 17.5 Å². The van der Waals surface area contributed by atoms with E-state index in [-0.39, 0.29) is 16.6 Å². The van der Waals surface area contributed by atoms with Crippen molar-refractivity contribution in [2.24, 2.45) is 0 Å². The summed E-state index contributed by atoms with van der Waals surface area (Å²) in [4.78, 5) is 10.1. The molecule has 10 heavy (non-hydrogen) atoms. The lowest BCUT2D eigenvalue weighted by Crippen LogP contribution is -2.31. The van der Waals surface area contributed by atoms with Crippen LogP contribution < -0.4 is 5.11 Å². The van der Waals surface area contributed by atoms with Gasteiger partial charge in [0.25, 0.3) is 0 Å². The third-order valence-electron chi connectivity index (χ3n) is 1.13. The molecule has 0 radical (unpaired) electrons. The summed E-state index contributed by atoms with van der Waals surface area (Å²) in [6.07, 6.45) is 5.79. The van der Waals surface area contributed by atoms with Crippen LogP contribution in [0.5, 0.6) is 0 Å². The number of carbonyl (C=O) groups is 1. The molecule has 0 aliphatic carbocycles. The maximum absolute atomic E-state index is 10.1. The van der Waals surface area contributed by atoms with Crippen molar-refractivity contribution < 1.29 is 9.90 Å². The second-order valence-electron chi connectivity index (χ2n) is 1.98. The van der Waals surface area contributed by atoms with Gasteiger partial charge < -0.3 is 9.90 Å². The molecule has 0 aromatic heterocycles. The van der Waals surface area contributed by atoms with E-state index in [1.807, 2.05) is 23.6 Å². The number of carbonyl (C=O) groups excluding carboxylic acids is 1. The van der Waals surface area contributed by atoms with Crippen molar-refractivity contribution in [2.75, 3.05) is 11.5 Å². The topological polar surface area (TPSA) is 40.1 Å². The van der Waals surface area contributed by atoms with Crippen molar-refractivity contribution in [1.82, 2.24) is 0 Å². The van der Waals surface area contributed by atoms with Crippen molar-refractivity contribution in [3.63, 3.8) is 0 Å². The summed E-state index contributed by atoms with van der Waals surface area (Å²) in [5.41, 5.74) is 0. The smallest absolute Gasteiger partial charge is 0.152 e. The summed E-state index contributed by atoms with van der Waals surface area (Å²) < 4.78 is 0. The fourth-order valence-corrected chi connectivity index (χ4v) is 2.03. The Balaban J connectivity index is 2.37. The van der Waals surface area contributed by atoms with Gasteiger partial charge in [0.15, 0.2) is 5.75 Å². The van der Waals surface area contributed by atoms with Gasteiger partial charge in [-0.05, 0) is 12.2 Å². The summed E-state index contributed by atoms with van der Waals surface area (Å²) in [6, 6.07) is 0.